The Bertz CT molecular complexity index is 393. The number of aryl methyl sites for hydroxylation is 1. The highest BCUT2D eigenvalue weighted by molar-refractivity contribution is 5.95. The topological polar surface area (TPSA) is 46.9 Å². The Balaban J connectivity index is 1.89. The molecule has 1 N–H and O–H groups in total. The number of carbonyl (C=O) groups excluding carboxylic acids is 1. The van der Waals surface area contributed by atoms with Crippen LogP contribution in [-0.2, 0) is 6.54 Å². The third-order valence-corrected chi connectivity index (χ3v) is 3.93. The zero-order valence-electron chi connectivity index (χ0n) is 11.4. The molecule has 0 aromatic carbocycles. The molecule has 1 aliphatic heterocycles. The van der Waals surface area contributed by atoms with Crippen LogP contribution in [0.4, 0.5) is 0 Å². The van der Waals surface area contributed by atoms with E-state index in [1.54, 1.807) is 10.9 Å². The lowest BCUT2D eigenvalue weighted by atomic mass is 9.84. The van der Waals surface area contributed by atoms with Gasteiger partial charge in [0, 0.05) is 19.2 Å². The Morgan fingerprint density at radius 3 is 3.11 bits per heavy atom. The minimum atomic E-state index is 0.229. The Morgan fingerprint density at radius 2 is 2.50 bits per heavy atom. The first kappa shape index (κ1) is 13.3. The first-order valence-corrected chi connectivity index (χ1v) is 6.97. The maximum atomic E-state index is 12.2. The fourth-order valence-electron chi connectivity index (χ4n) is 2.62. The molecular formula is C14H23N3O. The molecule has 0 aliphatic carbocycles. The number of hydrogen-bond acceptors (Lipinski definition) is 3. The molecule has 0 radical (unpaired) electrons. The maximum Gasteiger partial charge on any atom is 0.166 e. The van der Waals surface area contributed by atoms with Gasteiger partial charge in [0.25, 0.3) is 0 Å². The van der Waals surface area contributed by atoms with Crippen molar-refractivity contribution in [3.63, 3.8) is 0 Å². The lowest BCUT2D eigenvalue weighted by molar-refractivity contribution is 0.0943. The molecule has 2 rings (SSSR count). The first-order chi connectivity index (χ1) is 8.70. The molecule has 0 spiro atoms. The van der Waals surface area contributed by atoms with Crippen LogP contribution in [0.15, 0.2) is 12.4 Å². The SMILES string of the molecule is CCn1cc(C(=O)CC(C)C2CCCNC2)cn1. The number of hydrogen-bond donors (Lipinski definition) is 1. The van der Waals surface area contributed by atoms with Crippen LogP contribution in [0.25, 0.3) is 0 Å². The van der Waals surface area contributed by atoms with Gasteiger partial charge in [-0.3, -0.25) is 9.48 Å². The van der Waals surface area contributed by atoms with Crippen molar-refractivity contribution in [2.45, 2.75) is 39.7 Å². The molecule has 0 bridgehead atoms. The standard InChI is InChI=1S/C14H23N3O/c1-3-17-10-13(9-16-17)14(18)7-11(2)12-5-4-6-15-8-12/h9-12,15H,3-8H2,1-2H3. The Morgan fingerprint density at radius 1 is 1.67 bits per heavy atom. The third-order valence-electron chi connectivity index (χ3n) is 3.93. The van der Waals surface area contributed by atoms with Crippen molar-refractivity contribution in [2.24, 2.45) is 11.8 Å². The van der Waals surface area contributed by atoms with E-state index >= 15 is 0 Å². The quantitative estimate of drug-likeness (QED) is 0.813. The van der Waals surface area contributed by atoms with Gasteiger partial charge < -0.3 is 5.32 Å². The van der Waals surface area contributed by atoms with E-state index in [1.165, 1.54) is 12.8 Å². The highest BCUT2D eigenvalue weighted by Gasteiger charge is 2.22. The van der Waals surface area contributed by atoms with Crippen LogP contribution >= 0.6 is 0 Å². The third kappa shape index (κ3) is 3.19. The fourth-order valence-corrected chi connectivity index (χ4v) is 2.62. The number of Topliss-reactive ketones (excluding diaryl/α,β-unsaturated/α-hetero) is 1. The van der Waals surface area contributed by atoms with Gasteiger partial charge in [-0.2, -0.15) is 5.10 Å². The van der Waals surface area contributed by atoms with Crippen LogP contribution in [0, 0.1) is 11.8 Å². The lowest BCUT2D eigenvalue weighted by Gasteiger charge is -2.27. The average molecular weight is 249 g/mol. The summed E-state index contributed by atoms with van der Waals surface area (Å²) in [5.74, 6) is 1.33. The van der Waals surface area contributed by atoms with E-state index in [0.29, 0.717) is 18.3 Å². The predicted molar refractivity (Wildman–Crippen MR) is 71.6 cm³/mol. The summed E-state index contributed by atoms with van der Waals surface area (Å²) in [6.45, 7) is 7.22. The highest BCUT2D eigenvalue weighted by atomic mass is 16.1. The molecule has 1 aliphatic rings. The number of piperidine rings is 1. The summed E-state index contributed by atoms with van der Waals surface area (Å²) in [7, 11) is 0. The van der Waals surface area contributed by atoms with Crippen molar-refractivity contribution < 1.29 is 4.79 Å². The molecule has 4 nitrogen and oxygen atoms in total. The van der Waals surface area contributed by atoms with E-state index in [-0.39, 0.29) is 5.78 Å². The summed E-state index contributed by atoms with van der Waals surface area (Å²) in [5.41, 5.74) is 0.757. The second kappa shape index (κ2) is 6.14. The van der Waals surface area contributed by atoms with E-state index in [2.05, 4.69) is 17.3 Å². The van der Waals surface area contributed by atoms with E-state index in [0.717, 1.165) is 25.2 Å². The molecule has 4 heteroatoms. The lowest BCUT2D eigenvalue weighted by Crippen LogP contribution is -2.33. The van der Waals surface area contributed by atoms with E-state index in [1.807, 2.05) is 13.1 Å². The zero-order chi connectivity index (χ0) is 13.0. The van der Waals surface area contributed by atoms with Gasteiger partial charge in [0.1, 0.15) is 0 Å². The number of nitrogens with one attached hydrogen (secondary N) is 1. The van der Waals surface area contributed by atoms with Crippen LogP contribution in [0.1, 0.15) is 43.5 Å². The van der Waals surface area contributed by atoms with Crippen molar-refractivity contribution in [1.29, 1.82) is 0 Å². The van der Waals surface area contributed by atoms with Crippen LogP contribution in [0.5, 0.6) is 0 Å². The maximum absolute atomic E-state index is 12.2. The zero-order valence-corrected chi connectivity index (χ0v) is 11.4. The molecule has 0 amide bonds. The van der Waals surface area contributed by atoms with Crippen molar-refractivity contribution in [3.05, 3.63) is 18.0 Å². The minimum absolute atomic E-state index is 0.229. The van der Waals surface area contributed by atoms with Gasteiger partial charge >= 0.3 is 0 Å². The summed E-state index contributed by atoms with van der Waals surface area (Å²) < 4.78 is 1.81. The fraction of sp³-hybridized carbons (Fsp3) is 0.714. The van der Waals surface area contributed by atoms with Gasteiger partial charge in [-0.15, -0.1) is 0 Å². The predicted octanol–water partition coefficient (Wildman–Crippen LogP) is 2.11. The minimum Gasteiger partial charge on any atom is -0.316 e. The summed E-state index contributed by atoms with van der Waals surface area (Å²) >= 11 is 0. The van der Waals surface area contributed by atoms with Gasteiger partial charge in [0.2, 0.25) is 0 Å². The number of aromatic nitrogens is 2. The monoisotopic (exact) mass is 249 g/mol. The molecule has 1 aromatic heterocycles. The van der Waals surface area contributed by atoms with Gasteiger partial charge in [-0.05, 0) is 44.7 Å². The molecule has 18 heavy (non-hydrogen) atoms. The second-order valence-corrected chi connectivity index (χ2v) is 5.30. The molecule has 0 saturated carbocycles. The van der Waals surface area contributed by atoms with Crippen molar-refractivity contribution in [2.75, 3.05) is 13.1 Å². The summed E-state index contributed by atoms with van der Waals surface area (Å²) in [5, 5.41) is 7.57. The molecule has 1 fully saturated rings. The summed E-state index contributed by atoms with van der Waals surface area (Å²) in [6.07, 6.45) is 6.67. The number of nitrogens with zero attached hydrogens (tertiary/aromatic N) is 2. The van der Waals surface area contributed by atoms with Crippen molar-refractivity contribution >= 4 is 5.78 Å². The highest BCUT2D eigenvalue weighted by Crippen LogP contribution is 2.23. The van der Waals surface area contributed by atoms with Crippen LogP contribution in [0.2, 0.25) is 0 Å². The van der Waals surface area contributed by atoms with E-state index in [9.17, 15) is 4.79 Å². The van der Waals surface area contributed by atoms with Crippen LogP contribution in [0.3, 0.4) is 0 Å². The van der Waals surface area contributed by atoms with Gasteiger partial charge in [0.15, 0.2) is 5.78 Å². The van der Waals surface area contributed by atoms with E-state index < -0.39 is 0 Å². The molecule has 2 unspecified atom stereocenters. The smallest absolute Gasteiger partial charge is 0.166 e. The summed E-state index contributed by atoms with van der Waals surface area (Å²) in [6, 6.07) is 0. The molecule has 1 aromatic rings. The Labute approximate surface area is 109 Å². The average Bonchev–Trinajstić information content (AvgIpc) is 2.88. The van der Waals surface area contributed by atoms with Gasteiger partial charge in [-0.25, -0.2) is 0 Å². The Hall–Kier alpha value is -1.16. The van der Waals surface area contributed by atoms with E-state index in [4.69, 9.17) is 0 Å². The number of rotatable bonds is 5. The first-order valence-electron chi connectivity index (χ1n) is 6.97. The van der Waals surface area contributed by atoms with Crippen molar-refractivity contribution in [3.8, 4) is 0 Å². The number of ketones is 1. The summed E-state index contributed by atoms with van der Waals surface area (Å²) in [4.78, 5) is 12.2. The van der Waals surface area contributed by atoms with Crippen molar-refractivity contribution in [1.82, 2.24) is 15.1 Å². The largest absolute Gasteiger partial charge is 0.316 e. The van der Waals surface area contributed by atoms with Gasteiger partial charge in [-0.1, -0.05) is 6.92 Å². The molecule has 100 valence electrons. The van der Waals surface area contributed by atoms with Gasteiger partial charge in [0.05, 0.1) is 11.8 Å². The Kier molecular flexibility index (Phi) is 4.53. The van der Waals surface area contributed by atoms with Crippen LogP contribution < -0.4 is 5.32 Å². The van der Waals surface area contributed by atoms with Crippen LogP contribution in [-0.4, -0.2) is 28.7 Å². The number of carbonyl (C=O) groups is 1. The normalized spacial score (nSPS) is 21.8. The molecular weight excluding hydrogens is 226 g/mol. The molecule has 1 saturated heterocycles. The molecule has 2 heterocycles. The molecule has 2 atom stereocenters. The second-order valence-electron chi connectivity index (χ2n) is 5.30.